The number of nitrogens with zero attached hydrogens (tertiary/aromatic N) is 2. The van der Waals surface area contributed by atoms with Crippen molar-refractivity contribution >= 4 is 23.8 Å². The standard InChI is InChI=1S/C22H18F2N2/c23-19-7-11-21(12-8-19)25-15-3-1-4-16-26(18-6-2-5-17-25)22-13-9-20(24)10-14-22/h1-18H/q+2/b3-1-,4-1?,5-2?,6-2+,15-3?,16-4+,17-5-,18-6?,25-15-,25-17?,26-16?,26-18-. The molecule has 2 aromatic rings. The zero-order chi connectivity index (χ0) is 18.2. The molecule has 1 aliphatic heterocycles. The molecule has 4 heteroatoms. The Morgan fingerprint density at radius 1 is 0.462 bits per heavy atom. The monoisotopic (exact) mass is 348 g/mol. The Bertz CT molecular complexity index is 850. The second-order valence-corrected chi connectivity index (χ2v) is 5.52. The van der Waals surface area contributed by atoms with Gasteiger partial charge in [0.05, 0.1) is 0 Å². The summed E-state index contributed by atoms with van der Waals surface area (Å²) < 4.78 is 30.0. The maximum Gasteiger partial charge on any atom is 0.210 e. The molecule has 3 rings (SSSR count). The summed E-state index contributed by atoms with van der Waals surface area (Å²) in [6.45, 7) is 0. The summed E-state index contributed by atoms with van der Waals surface area (Å²) in [6.07, 6.45) is 18.9. The van der Waals surface area contributed by atoms with E-state index in [1.807, 2.05) is 70.4 Å². The van der Waals surface area contributed by atoms with Crippen LogP contribution in [0.25, 0.3) is 0 Å². The normalized spacial score (nSPS) is 23.3. The predicted molar refractivity (Wildman–Crippen MR) is 101 cm³/mol. The van der Waals surface area contributed by atoms with Gasteiger partial charge < -0.3 is 0 Å². The summed E-state index contributed by atoms with van der Waals surface area (Å²) in [5.41, 5.74) is 1.72. The van der Waals surface area contributed by atoms with Gasteiger partial charge in [0.15, 0.2) is 24.8 Å². The predicted octanol–water partition coefficient (Wildman–Crippen LogP) is 5.25. The van der Waals surface area contributed by atoms with Gasteiger partial charge in [-0.1, -0.05) is 12.2 Å². The van der Waals surface area contributed by atoms with Crippen LogP contribution in [-0.4, -0.2) is 21.6 Å². The van der Waals surface area contributed by atoms with Crippen LogP contribution in [0.15, 0.2) is 97.4 Å². The maximum absolute atomic E-state index is 13.1. The molecule has 2 nitrogen and oxygen atoms in total. The number of rotatable bonds is 2. The average Bonchev–Trinajstić information content (AvgIpc) is 2.64. The lowest BCUT2D eigenvalue weighted by atomic mass is 10.3. The van der Waals surface area contributed by atoms with Gasteiger partial charge in [-0.3, -0.25) is 0 Å². The van der Waals surface area contributed by atoms with Crippen molar-refractivity contribution in [3.05, 3.63) is 109 Å². The van der Waals surface area contributed by atoms with Crippen LogP contribution in [-0.2, 0) is 0 Å². The number of allylic oxidation sites excluding steroid dienone is 6. The first-order valence-electron chi connectivity index (χ1n) is 8.17. The van der Waals surface area contributed by atoms with E-state index in [2.05, 4.69) is 0 Å². The first-order valence-corrected chi connectivity index (χ1v) is 8.17. The van der Waals surface area contributed by atoms with Crippen LogP contribution in [0, 0.1) is 11.6 Å². The van der Waals surface area contributed by atoms with Gasteiger partial charge in [-0.2, -0.15) is 9.15 Å². The molecule has 0 saturated carbocycles. The fraction of sp³-hybridized carbons (Fsp3) is 0. The van der Waals surface area contributed by atoms with Crippen molar-refractivity contribution in [1.82, 2.24) is 0 Å². The van der Waals surface area contributed by atoms with Crippen LogP contribution in [0.4, 0.5) is 20.2 Å². The second-order valence-electron chi connectivity index (χ2n) is 5.52. The fourth-order valence-corrected chi connectivity index (χ4v) is 2.37. The van der Waals surface area contributed by atoms with Gasteiger partial charge in [0.25, 0.3) is 0 Å². The summed E-state index contributed by atoms with van der Waals surface area (Å²) in [5, 5.41) is 0. The van der Waals surface area contributed by atoms with Gasteiger partial charge in [-0.15, -0.1) is 0 Å². The zero-order valence-corrected chi connectivity index (χ0v) is 14.0. The first kappa shape index (κ1) is 17.4. The molecule has 0 aromatic heterocycles. The lowest BCUT2D eigenvalue weighted by Crippen LogP contribution is -1.98. The van der Waals surface area contributed by atoms with Crippen molar-refractivity contribution in [2.24, 2.45) is 0 Å². The van der Waals surface area contributed by atoms with Gasteiger partial charge in [0.1, 0.15) is 11.6 Å². The van der Waals surface area contributed by atoms with Gasteiger partial charge in [-0.05, 0) is 24.3 Å². The van der Waals surface area contributed by atoms with Crippen LogP contribution in [0.5, 0.6) is 0 Å². The average molecular weight is 348 g/mol. The summed E-state index contributed by atoms with van der Waals surface area (Å²) in [7, 11) is 0. The van der Waals surface area contributed by atoms with Crippen molar-refractivity contribution in [1.29, 1.82) is 0 Å². The van der Waals surface area contributed by atoms with Crippen molar-refractivity contribution in [2.75, 3.05) is 0 Å². The lowest BCUT2D eigenvalue weighted by Gasteiger charge is -1.96. The fourth-order valence-electron chi connectivity index (χ4n) is 2.37. The topological polar surface area (TPSA) is 6.02 Å². The van der Waals surface area contributed by atoms with E-state index < -0.39 is 0 Å². The molecule has 0 unspecified atom stereocenters. The quantitative estimate of drug-likeness (QED) is 0.654. The van der Waals surface area contributed by atoms with E-state index in [0.717, 1.165) is 11.4 Å². The van der Waals surface area contributed by atoms with Gasteiger partial charge in [0.2, 0.25) is 11.4 Å². The van der Waals surface area contributed by atoms with Gasteiger partial charge in [0, 0.05) is 48.6 Å². The second kappa shape index (κ2) is 8.62. The van der Waals surface area contributed by atoms with Crippen molar-refractivity contribution in [2.45, 2.75) is 0 Å². The van der Waals surface area contributed by atoms with Gasteiger partial charge in [-0.25, -0.2) is 8.78 Å². The number of hydrogen-bond acceptors (Lipinski definition) is 0. The largest absolute Gasteiger partial charge is 0.210 e. The molecule has 128 valence electrons. The molecule has 0 radical (unpaired) electrons. The van der Waals surface area contributed by atoms with E-state index in [1.165, 1.54) is 24.3 Å². The van der Waals surface area contributed by atoms with Crippen LogP contribution >= 0.6 is 0 Å². The maximum atomic E-state index is 13.1. The Labute approximate surface area is 151 Å². The lowest BCUT2D eigenvalue weighted by molar-refractivity contribution is -0.354. The number of halogens is 2. The number of hydrogen-bond donors (Lipinski definition) is 0. The Hall–Kier alpha value is -3.40. The van der Waals surface area contributed by atoms with E-state index in [0.29, 0.717) is 0 Å². The minimum atomic E-state index is -0.263. The third-order valence-electron chi connectivity index (χ3n) is 3.68. The smallest absolute Gasteiger partial charge is 0.207 e. The SMILES string of the molecule is Fc1ccc([N+]2=C\C=C/C=C/[N+](c3ccc(F)cc3)=C/C=C/C=C\2)cc1. The van der Waals surface area contributed by atoms with E-state index >= 15 is 0 Å². The Morgan fingerprint density at radius 3 is 1.23 bits per heavy atom. The molecular formula is C22H18F2N2+2. The highest BCUT2D eigenvalue weighted by Gasteiger charge is 2.06. The Morgan fingerprint density at radius 2 is 0.846 bits per heavy atom. The summed E-state index contributed by atoms with van der Waals surface area (Å²) in [4.78, 5) is 0. The summed E-state index contributed by atoms with van der Waals surface area (Å²) >= 11 is 0. The Kier molecular flexibility index (Phi) is 5.78. The van der Waals surface area contributed by atoms with E-state index in [4.69, 9.17) is 0 Å². The van der Waals surface area contributed by atoms with Crippen LogP contribution in [0.3, 0.4) is 0 Å². The van der Waals surface area contributed by atoms with Crippen LogP contribution < -0.4 is 0 Å². The van der Waals surface area contributed by atoms with Crippen LogP contribution in [0.1, 0.15) is 0 Å². The van der Waals surface area contributed by atoms with Crippen molar-refractivity contribution in [3.63, 3.8) is 0 Å². The molecule has 2 aromatic carbocycles. The molecule has 0 bridgehead atoms. The molecule has 0 saturated heterocycles. The van der Waals surface area contributed by atoms with E-state index in [1.54, 1.807) is 24.3 Å². The minimum Gasteiger partial charge on any atom is -0.207 e. The van der Waals surface area contributed by atoms with Gasteiger partial charge >= 0.3 is 0 Å². The highest BCUT2D eigenvalue weighted by atomic mass is 19.1. The molecule has 26 heavy (non-hydrogen) atoms. The number of benzene rings is 2. The van der Waals surface area contributed by atoms with Crippen LogP contribution in [0.2, 0.25) is 0 Å². The highest BCUT2D eigenvalue weighted by molar-refractivity contribution is 5.69. The molecule has 0 N–H and O–H groups in total. The Balaban J connectivity index is 1.87. The molecule has 0 atom stereocenters. The molecule has 0 amide bonds. The third kappa shape index (κ3) is 4.80. The minimum absolute atomic E-state index is 0.263. The van der Waals surface area contributed by atoms with E-state index in [9.17, 15) is 8.78 Å². The molecule has 1 heterocycles. The molecule has 1 aliphatic rings. The summed E-state index contributed by atoms with van der Waals surface area (Å²) in [5.74, 6) is -0.526. The van der Waals surface area contributed by atoms with E-state index in [-0.39, 0.29) is 11.6 Å². The molecule has 0 spiro atoms. The van der Waals surface area contributed by atoms with Crippen molar-refractivity contribution < 1.29 is 17.9 Å². The molecule has 0 aliphatic carbocycles. The summed E-state index contributed by atoms with van der Waals surface area (Å²) in [6, 6.07) is 12.6. The molecule has 0 fully saturated rings. The zero-order valence-electron chi connectivity index (χ0n) is 14.0. The molecular weight excluding hydrogens is 330 g/mol. The first-order chi connectivity index (χ1) is 12.7. The van der Waals surface area contributed by atoms with Crippen molar-refractivity contribution in [3.8, 4) is 0 Å². The third-order valence-corrected chi connectivity index (χ3v) is 3.68. The highest BCUT2D eigenvalue weighted by Crippen LogP contribution is 2.14.